The zero-order chi connectivity index (χ0) is 14.5. The Morgan fingerprint density at radius 1 is 1.05 bits per heavy atom. The highest BCUT2D eigenvalue weighted by Crippen LogP contribution is 2.21. The lowest BCUT2D eigenvalue weighted by molar-refractivity contribution is 0.683. The van der Waals surface area contributed by atoms with Crippen molar-refractivity contribution in [1.29, 1.82) is 0 Å². The van der Waals surface area contributed by atoms with Crippen molar-refractivity contribution < 1.29 is 0 Å². The summed E-state index contributed by atoms with van der Waals surface area (Å²) >= 11 is 7.74. The summed E-state index contributed by atoms with van der Waals surface area (Å²) < 4.78 is 0. The van der Waals surface area contributed by atoms with Gasteiger partial charge in [-0.1, -0.05) is 35.9 Å². The molecule has 3 nitrogen and oxygen atoms in total. The van der Waals surface area contributed by atoms with Crippen molar-refractivity contribution in [3.63, 3.8) is 0 Å². The van der Waals surface area contributed by atoms with Gasteiger partial charge in [0.05, 0.1) is 11.4 Å². The van der Waals surface area contributed by atoms with Crippen molar-refractivity contribution in [2.24, 2.45) is 0 Å². The van der Waals surface area contributed by atoms with Gasteiger partial charge in [0.25, 0.3) is 0 Å². The van der Waals surface area contributed by atoms with Crippen molar-refractivity contribution in [2.45, 2.75) is 13.1 Å². The first kappa shape index (κ1) is 14.2. The predicted molar refractivity (Wildman–Crippen MR) is 87.3 cm³/mol. The molecule has 0 bridgehead atoms. The third kappa shape index (κ3) is 3.67. The molecule has 0 fully saturated rings. The van der Waals surface area contributed by atoms with Gasteiger partial charge in [0, 0.05) is 29.7 Å². The molecule has 0 aliphatic heterocycles. The first-order valence-corrected chi connectivity index (χ1v) is 7.88. The van der Waals surface area contributed by atoms with E-state index in [0.29, 0.717) is 6.54 Å². The molecule has 1 aromatic carbocycles. The average molecular weight is 316 g/mol. The molecule has 3 aromatic rings. The van der Waals surface area contributed by atoms with Gasteiger partial charge in [0.15, 0.2) is 0 Å². The fourth-order valence-corrected chi connectivity index (χ4v) is 2.96. The standard InChI is InChI=1S/C16H14ClN3S/c17-14-6-2-1-5-12(14)9-18-10-13-11-21-16(20-13)15-7-3-4-8-19-15/h1-8,11,18H,9-10H2. The number of thiazole rings is 1. The molecule has 0 aliphatic rings. The normalized spacial score (nSPS) is 10.7. The Kier molecular flexibility index (Phi) is 4.60. The molecule has 0 amide bonds. The Bertz CT molecular complexity index is 712. The van der Waals surface area contributed by atoms with E-state index < -0.39 is 0 Å². The first-order valence-electron chi connectivity index (χ1n) is 6.63. The van der Waals surface area contributed by atoms with Gasteiger partial charge >= 0.3 is 0 Å². The molecule has 0 saturated heterocycles. The second-order valence-electron chi connectivity index (χ2n) is 4.55. The quantitative estimate of drug-likeness (QED) is 0.768. The minimum atomic E-state index is 0.717. The fraction of sp³-hybridized carbons (Fsp3) is 0.125. The monoisotopic (exact) mass is 315 g/mol. The van der Waals surface area contributed by atoms with Crippen LogP contribution in [-0.2, 0) is 13.1 Å². The number of benzene rings is 1. The van der Waals surface area contributed by atoms with E-state index in [0.717, 1.165) is 33.5 Å². The largest absolute Gasteiger partial charge is 0.307 e. The van der Waals surface area contributed by atoms with Crippen LogP contribution in [0, 0.1) is 0 Å². The summed E-state index contributed by atoms with van der Waals surface area (Å²) in [6, 6.07) is 13.7. The SMILES string of the molecule is Clc1ccccc1CNCc1csc(-c2ccccn2)n1. The Hall–Kier alpha value is -1.75. The number of rotatable bonds is 5. The van der Waals surface area contributed by atoms with Crippen LogP contribution in [0.25, 0.3) is 10.7 Å². The molecule has 106 valence electrons. The highest BCUT2D eigenvalue weighted by atomic mass is 35.5. The summed E-state index contributed by atoms with van der Waals surface area (Å²) in [5, 5.41) is 7.16. The molecule has 2 aromatic heterocycles. The van der Waals surface area contributed by atoms with Crippen LogP contribution in [0.5, 0.6) is 0 Å². The van der Waals surface area contributed by atoms with Gasteiger partial charge in [0.2, 0.25) is 0 Å². The third-order valence-electron chi connectivity index (χ3n) is 3.02. The Labute approximate surface area is 132 Å². The third-order valence-corrected chi connectivity index (χ3v) is 4.30. The molecule has 0 saturated carbocycles. The number of halogens is 1. The summed E-state index contributed by atoms with van der Waals surface area (Å²) in [5.74, 6) is 0. The summed E-state index contributed by atoms with van der Waals surface area (Å²) in [6.07, 6.45) is 1.78. The van der Waals surface area contributed by atoms with E-state index in [1.165, 1.54) is 0 Å². The fourth-order valence-electron chi connectivity index (χ4n) is 1.96. The molecule has 0 unspecified atom stereocenters. The number of aromatic nitrogens is 2. The van der Waals surface area contributed by atoms with E-state index in [4.69, 9.17) is 11.6 Å². The van der Waals surface area contributed by atoms with Crippen molar-refractivity contribution in [1.82, 2.24) is 15.3 Å². The maximum Gasteiger partial charge on any atom is 0.142 e. The summed E-state index contributed by atoms with van der Waals surface area (Å²) in [7, 11) is 0. The Balaban J connectivity index is 1.60. The number of nitrogens with one attached hydrogen (secondary N) is 1. The molecule has 0 aliphatic carbocycles. The van der Waals surface area contributed by atoms with Crippen LogP contribution in [0.2, 0.25) is 5.02 Å². The zero-order valence-electron chi connectivity index (χ0n) is 11.3. The van der Waals surface area contributed by atoms with Crippen LogP contribution in [0.1, 0.15) is 11.3 Å². The second kappa shape index (κ2) is 6.80. The zero-order valence-corrected chi connectivity index (χ0v) is 12.9. The van der Waals surface area contributed by atoms with E-state index in [2.05, 4.69) is 20.7 Å². The van der Waals surface area contributed by atoms with Crippen molar-refractivity contribution >= 4 is 22.9 Å². The highest BCUT2D eigenvalue weighted by molar-refractivity contribution is 7.13. The topological polar surface area (TPSA) is 37.8 Å². The van der Waals surface area contributed by atoms with Gasteiger partial charge in [-0.3, -0.25) is 4.98 Å². The van der Waals surface area contributed by atoms with Gasteiger partial charge < -0.3 is 5.32 Å². The Morgan fingerprint density at radius 2 is 1.90 bits per heavy atom. The summed E-state index contributed by atoms with van der Waals surface area (Å²) in [6.45, 7) is 1.45. The van der Waals surface area contributed by atoms with Gasteiger partial charge in [-0.25, -0.2) is 4.98 Å². The molecule has 1 N–H and O–H groups in total. The van der Waals surface area contributed by atoms with Crippen molar-refractivity contribution in [3.05, 3.63) is 70.3 Å². The maximum absolute atomic E-state index is 6.13. The molecule has 21 heavy (non-hydrogen) atoms. The van der Waals surface area contributed by atoms with Crippen molar-refractivity contribution in [2.75, 3.05) is 0 Å². The second-order valence-corrected chi connectivity index (χ2v) is 5.82. The number of hydrogen-bond donors (Lipinski definition) is 1. The van der Waals surface area contributed by atoms with Gasteiger partial charge in [-0.2, -0.15) is 0 Å². The summed E-state index contributed by atoms with van der Waals surface area (Å²) in [4.78, 5) is 8.91. The van der Waals surface area contributed by atoms with Gasteiger partial charge in [-0.05, 0) is 23.8 Å². The molecule has 0 spiro atoms. The molecule has 5 heteroatoms. The van der Waals surface area contributed by atoms with Crippen molar-refractivity contribution in [3.8, 4) is 10.7 Å². The first-order chi connectivity index (χ1) is 10.3. The smallest absolute Gasteiger partial charge is 0.142 e. The van der Waals surface area contributed by atoms with Crippen LogP contribution in [0.3, 0.4) is 0 Å². The van der Waals surface area contributed by atoms with E-state index in [1.54, 1.807) is 17.5 Å². The predicted octanol–water partition coefficient (Wildman–Crippen LogP) is 4.15. The molecule has 2 heterocycles. The minimum Gasteiger partial charge on any atom is -0.307 e. The highest BCUT2D eigenvalue weighted by Gasteiger charge is 2.05. The number of pyridine rings is 1. The van der Waals surface area contributed by atoms with Gasteiger partial charge in [0.1, 0.15) is 5.01 Å². The lowest BCUT2D eigenvalue weighted by atomic mass is 10.2. The van der Waals surface area contributed by atoms with Crippen LogP contribution < -0.4 is 5.32 Å². The molecule has 3 rings (SSSR count). The van der Waals surface area contributed by atoms with E-state index in [-0.39, 0.29) is 0 Å². The van der Waals surface area contributed by atoms with Crippen LogP contribution in [-0.4, -0.2) is 9.97 Å². The van der Waals surface area contributed by atoms with Crippen LogP contribution in [0.15, 0.2) is 54.0 Å². The number of nitrogens with zero attached hydrogens (tertiary/aromatic N) is 2. The molecule has 0 atom stereocenters. The van der Waals surface area contributed by atoms with Crippen LogP contribution in [0.4, 0.5) is 0 Å². The average Bonchev–Trinajstić information content (AvgIpc) is 2.99. The number of hydrogen-bond acceptors (Lipinski definition) is 4. The minimum absolute atomic E-state index is 0.717. The molecule has 0 radical (unpaired) electrons. The Morgan fingerprint density at radius 3 is 2.71 bits per heavy atom. The molecular formula is C16H14ClN3S. The van der Waals surface area contributed by atoms with E-state index >= 15 is 0 Å². The van der Waals surface area contributed by atoms with E-state index in [1.807, 2.05) is 42.5 Å². The van der Waals surface area contributed by atoms with E-state index in [9.17, 15) is 0 Å². The maximum atomic E-state index is 6.13. The molecular weight excluding hydrogens is 302 g/mol. The summed E-state index contributed by atoms with van der Waals surface area (Å²) in [5.41, 5.74) is 3.03. The van der Waals surface area contributed by atoms with Gasteiger partial charge in [-0.15, -0.1) is 11.3 Å². The van der Waals surface area contributed by atoms with Crippen LogP contribution >= 0.6 is 22.9 Å². The lowest BCUT2D eigenvalue weighted by Gasteiger charge is -2.04. The lowest BCUT2D eigenvalue weighted by Crippen LogP contribution is -2.13.